The standard InChI is InChI=1S/C25H36O5/c1-9-16(6)24(28)30-22-19(15(4)5)13-25(8)17(7)11-18(26)12-20(25)23(22)29-21(27)10-14(2)3/h9-10,17,19-20,22-23H,4,11-13H2,1-3,5-8H3. The first kappa shape index (κ1) is 24.1. The molecule has 2 fully saturated rings. The predicted molar refractivity (Wildman–Crippen MR) is 117 cm³/mol. The van der Waals surface area contributed by atoms with Crippen LogP contribution in [-0.4, -0.2) is 29.9 Å². The average Bonchev–Trinajstić information content (AvgIpc) is 2.63. The summed E-state index contributed by atoms with van der Waals surface area (Å²) in [4.78, 5) is 37.7. The van der Waals surface area contributed by atoms with Crippen molar-refractivity contribution in [1.82, 2.24) is 0 Å². The maximum Gasteiger partial charge on any atom is 0.333 e. The van der Waals surface area contributed by atoms with E-state index in [-0.39, 0.29) is 29.0 Å². The zero-order valence-electron chi connectivity index (χ0n) is 19.4. The molecule has 2 saturated carbocycles. The first-order valence-corrected chi connectivity index (χ1v) is 10.8. The summed E-state index contributed by atoms with van der Waals surface area (Å²) in [6.07, 6.45) is 3.35. The summed E-state index contributed by atoms with van der Waals surface area (Å²) in [6, 6.07) is 0. The van der Waals surface area contributed by atoms with Gasteiger partial charge in [-0.3, -0.25) is 4.79 Å². The highest BCUT2D eigenvalue weighted by atomic mass is 16.6. The van der Waals surface area contributed by atoms with Gasteiger partial charge in [-0.1, -0.05) is 37.6 Å². The normalized spacial score (nSPS) is 33.9. The minimum absolute atomic E-state index is 0.143. The van der Waals surface area contributed by atoms with Gasteiger partial charge < -0.3 is 9.47 Å². The molecule has 0 radical (unpaired) electrons. The Morgan fingerprint density at radius 2 is 1.73 bits per heavy atom. The Balaban J connectivity index is 2.54. The highest BCUT2D eigenvalue weighted by Gasteiger charge is 2.58. The first-order valence-electron chi connectivity index (χ1n) is 10.8. The third kappa shape index (κ3) is 4.93. The van der Waals surface area contributed by atoms with Gasteiger partial charge in [-0.15, -0.1) is 0 Å². The van der Waals surface area contributed by atoms with Crippen LogP contribution in [0.1, 0.15) is 67.7 Å². The molecule has 0 heterocycles. The number of allylic oxidation sites excluding steroid dienone is 2. The summed E-state index contributed by atoms with van der Waals surface area (Å²) >= 11 is 0. The van der Waals surface area contributed by atoms with Crippen LogP contribution < -0.4 is 0 Å². The SMILES string of the molecule is C=C(C)C1CC2(C)C(C)CC(=O)CC2C(OC(=O)C=C(C)C)C1OC(=O)C(C)=CC. The van der Waals surface area contributed by atoms with Gasteiger partial charge in [0.05, 0.1) is 0 Å². The Hall–Kier alpha value is -2.17. The fraction of sp³-hybridized carbons (Fsp3) is 0.640. The van der Waals surface area contributed by atoms with Crippen molar-refractivity contribution in [3.05, 3.63) is 35.5 Å². The van der Waals surface area contributed by atoms with Gasteiger partial charge in [0, 0.05) is 36.3 Å². The van der Waals surface area contributed by atoms with Gasteiger partial charge in [0.15, 0.2) is 0 Å². The van der Waals surface area contributed by atoms with Crippen LogP contribution in [0, 0.1) is 23.2 Å². The van der Waals surface area contributed by atoms with Crippen LogP contribution in [0.25, 0.3) is 0 Å². The van der Waals surface area contributed by atoms with Crippen molar-refractivity contribution in [2.45, 2.75) is 79.9 Å². The molecule has 5 nitrogen and oxygen atoms in total. The largest absolute Gasteiger partial charge is 0.455 e. The minimum atomic E-state index is -0.700. The van der Waals surface area contributed by atoms with Crippen molar-refractivity contribution in [2.75, 3.05) is 0 Å². The summed E-state index contributed by atoms with van der Waals surface area (Å²) in [6.45, 7) is 17.4. The lowest BCUT2D eigenvalue weighted by Crippen LogP contribution is -2.59. The molecule has 2 rings (SSSR count). The molecule has 0 aromatic rings. The van der Waals surface area contributed by atoms with Crippen LogP contribution in [-0.2, 0) is 23.9 Å². The second-order valence-corrected chi connectivity index (χ2v) is 9.58. The summed E-state index contributed by atoms with van der Waals surface area (Å²) in [5, 5.41) is 0. The van der Waals surface area contributed by atoms with E-state index in [1.807, 2.05) is 20.8 Å². The lowest BCUT2D eigenvalue weighted by Gasteiger charge is -2.56. The van der Waals surface area contributed by atoms with Gasteiger partial charge in [-0.25, -0.2) is 9.59 Å². The molecular formula is C25H36O5. The average molecular weight is 417 g/mol. The number of carbonyl (C=O) groups is 3. The molecule has 0 aromatic carbocycles. The van der Waals surface area contributed by atoms with Crippen molar-refractivity contribution in [1.29, 1.82) is 0 Å². The fourth-order valence-corrected chi connectivity index (χ4v) is 4.89. The molecule has 30 heavy (non-hydrogen) atoms. The highest BCUT2D eigenvalue weighted by Crippen LogP contribution is 2.56. The number of hydrogen-bond donors (Lipinski definition) is 0. The van der Waals surface area contributed by atoms with Gasteiger partial charge in [0.2, 0.25) is 0 Å². The molecule has 0 N–H and O–H groups in total. The van der Waals surface area contributed by atoms with E-state index in [0.29, 0.717) is 18.4 Å². The minimum Gasteiger partial charge on any atom is -0.455 e. The number of Topliss-reactive ketones (excluding diaryl/α,β-unsaturated/α-hetero) is 1. The Morgan fingerprint density at radius 3 is 2.27 bits per heavy atom. The summed E-state index contributed by atoms with van der Waals surface area (Å²) < 4.78 is 11.9. The number of ether oxygens (including phenoxy) is 2. The van der Waals surface area contributed by atoms with E-state index in [1.165, 1.54) is 6.08 Å². The number of esters is 2. The molecule has 2 aliphatic rings. The molecule has 0 spiro atoms. The monoisotopic (exact) mass is 416 g/mol. The maximum absolute atomic E-state index is 12.6. The molecule has 2 aliphatic carbocycles. The van der Waals surface area contributed by atoms with Gasteiger partial charge in [-0.2, -0.15) is 0 Å². The van der Waals surface area contributed by atoms with E-state index in [4.69, 9.17) is 9.47 Å². The van der Waals surface area contributed by atoms with Crippen molar-refractivity contribution < 1.29 is 23.9 Å². The van der Waals surface area contributed by atoms with E-state index >= 15 is 0 Å². The van der Waals surface area contributed by atoms with Crippen LogP contribution in [0.2, 0.25) is 0 Å². The number of rotatable bonds is 5. The molecule has 0 amide bonds. The Kier molecular flexibility index (Phi) is 7.49. The molecule has 166 valence electrons. The lowest BCUT2D eigenvalue weighted by atomic mass is 9.51. The van der Waals surface area contributed by atoms with Crippen molar-refractivity contribution >= 4 is 17.7 Å². The number of carbonyl (C=O) groups excluding carboxylic acids is 3. The third-order valence-corrected chi connectivity index (χ3v) is 7.02. The second-order valence-electron chi connectivity index (χ2n) is 9.58. The van der Waals surface area contributed by atoms with Crippen molar-refractivity contribution in [3.63, 3.8) is 0 Å². The van der Waals surface area contributed by atoms with Crippen LogP contribution in [0.5, 0.6) is 0 Å². The lowest BCUT2D eigenvalue weighted by molar-refractivity contribution is -0.198. The summed E-state index contributed by atoms with van der Waals surface area (Å²) in [5.41, 5.74) is 1.98. The van der Waals surface area contributed by atoms with Gasteiger partial charge in [0.1, 0.15) is 18.0 Å². The third-order valence-electron chi connectivity index (χ3n) is 7.02. The quantitative estimate of drug-likeness (QED) is 0.360. The van der Waals surface area contributed by atoms with Crippen molar-refractivity contribution in [2.24, 2.45) is 23.2 Å². The predicted octanol–water partition coefficient (Wildman–Crippen LogP) is 4.96. The first-order chi connectivity index (χ1) is 13.9. The van der Waals surface area contributed by atoms with Crippen LogP contribution in [0.4, 0.5) is 0 Å². The molecule has 0 aromatic heterocycles. The topological polar surface area (TPSA) is 69.7 Å². The number of fused-ring (bicyclic) bond motifs is 1. The van der Waals surface area contributed by atoms with E-state index in [2.05, 4.69) is 20.4 Å². The molecule has 0 saturated heterocycles. The molecule has 0 bridgehead atoms. The zero-order chi connectivity index (χ0) is 22.8. The molecular weight excluding hydrogens is 380 g/mol. The second kappa shape index (κ2) is 9.32. The Bertz CT molecular complexity index is 785. The maximum atomic E-state index is 12.6. The van der Waals surface area contributed by atoms with Gasteiger partial charge in [0.25, 0.3) is 0 Å². The molecule has 6 atom stereocenters. The summed E-state index contributed by atoms with van der Waals surface area (Å²) in [7, 11) is 0. The van der Waals surface area contributed by atoms with Crippen LogP contribution in [0.3, 0.4) is 0 Å². The zero-order valence-corrected chi connectivity index (χ0v) is 19.4. The molecule has 0 aliphatic heterocycles. The van der Waals surface area contributed by atoms with E-state index in [9.17, 15) is 14.4 Å². The van der Waals surface area contributed by atoms with E-state index in [0.717, 1.165) is 17.6 Å². The van der Waals surface area contributed by atoms with Crippen molar-refractivity contribution in [3.8, 4) is 0 Å². The highest BCUT2D eigenvalue weighted by molar-refractivity contribution is 5.88. The number of ketones is 1. The van der Waals surface area contributed by atoms with Gasteiger partial charge >= 0.3 is 11.9 Å². The molecule has 6 unspecified atom stereocenters. The Labute approximate surface area is 180 Å². The smallest absolute Gasteiger partial charge is 0.333 e. The van der Waals surface area contributed by atoms with E-state index < -0.39 is 24.1 Å². The van der Waals surface area contributed by atoms with E-state index in [1.54, 1.807) is 19.9 Å². The Morgan fingerprint density at radius 1 is 1.10 bits per heavy atom. The fourth-order valence-electron chi connectivity index (χ4n) is 4.89. The van der Waals surface area contributed by atoms with Gasteiger partial charge in [-0.05, 0) is 52.4 Å². The molecule has 5 heteroatoms. The summed E-state index contributed by atoms with van der Waals surface area (Å²) in [5.74, 6) is -0.960. The van der Waals surface area contributed by atoms with Crippen LogP contribution in [0.15, 0.2) is 35.5 Å². The van der Waals surface area contributed by atoms with Crippen LogP contribution >= 0.6 is 0 Å². The number of hydrogen-bond acceptors (Lipinski definition) is 5.